The number of benzene rings is 1. The van der Waals surface area contributed by atoms with Crippen LogP contribution in [0.3, 0.4) is 0 Å². The molecular weight excluding hydrogens is 365 g/mol. The maximum atomic E-state index is 14.9. The summed E-state index contributed by atoms with van der Waals surface area (Å²) in [6.07, 6.45) is 8.20. The smallest absolute Gasteiger partial charge is 0.275 e. The molecule has 3 N–H and O–H groups in total. The number of aliphatic imine (C=N–C) groups is 1. The fourth-order valence-corrected chi connectivity index (χ4v) is 5.01. The van der Waals surface area contributed by atoms with Crippen LogP contribution in [0, 0.1) is 11.7 Å². The first kappa shape index (κ1) is 17.9. The van der Waals surface area contributed by atoms with Gasteiger partial charge in [-0.15, -0.1) is 0 Å². The van der Waals surface area contributed by atoms with Crippen molar-refractivity contribution in [3.8, 4) is 0 Å². The molecular formula is C19H20FN5OS. The summed E-state index contributed by atoms with van der Waals surface area (Å²) in [6.45, 7) is 0. The van der Waals surface area contributed by atoms with E-state index in [4.69, 9.17) is 10.7 Å². The molecule has 1 amide bonds. The zero-order valence-electron chi connectivity index (χ0n) is 14.7. The molecule has 2 atom stereocenters. The molecule has 1 aromatic heterocycles. The van der Waals surface area contributed by atoms with E-state index in [2.05, 4.69) is 15.3 Å². The van der Waals surface area contributed by atoms with Gasteiger partial charge in [0.15, 0.2) is 5.17 Å². The van der Waals surface area contributed by atoms with Gasteiger partial charge in [0, 0.05) is 29.4 Å². The van der Waals surface area contributed by atoms with E-state index in [0.717, 1.165) is 31.4 Å². The lowest BCUT2D eigenvalue weighted by atomic mass is 9.69. The first-order chi connectivity index (χ1) is 13.1. The molecule has 27 heavy (non-hydrogen) atoms. The van der Waals surface area contributed by atoms with Crippen molar-refractivity contribution >= 4 is 28.5 Å². The molecule has 1 aliphatic carbocycles. The average molecular weight is 385 g/mol. The summed E-state index contributed by atoms with van der Waals surface area (Å²) in [7, 11) is 0. The van der Waals surface area contributed by atoms with E-state index in [0.29, 0.717) is 16.4 Å². The summed E-state index contributed by atoms with van der Waals surface area (Å²) >= 11 is 1.54. The Hall–Kier alpha value is -2.48. The summed E-state index contributed by atoms with van der Waals surface area (Å²) in [4.78, 5) is 25.0. The van der Waals surface area contributed by atoms with Gasteiger partial charge < -0.3 is 11.1 Å². The van der Waals surface area contributed by atoms with Gasteiger partial charge in [-0.1, -0.05) is 24.6 Å². The number of amides is 1. The molecule has 2 aromatic rings. The van der Waals surface area contributed by atoms with Gasteiger partial charge in [0.2, 0.25) is 0 Å². The highest BCUT2D eigenvalue weighted by atomic mass is 32.2. The fraction of sp³-hybridized carbons (Fsp3) is 0.368. The van der Waals surface area contributed by atoms with Crippen molar-refractivity contribution < 1.29 is 9.18 Å². The van der Waals surface area contributed by atoms with Crippen molar-refractivity contribution in [1.82, 2.24) is 9.97 Å². The minimum Gasteiger partial charge on any atom is -0.379 e. The zero-order valence-corrected chi connectivity index (χ0v) is 15.5. The third-order valence-electron chi connectivity index (χ3n) is 5.26. The molecule has 0 unspecified atom stereocenters. The second-order valence-electron chi connectivity index (χ2n) is 6.87. The number of nitrogens with two attached hydrogens (primary N) is 1. The molecule has 0 saturated heterocycles. The van der Waals surface area contributed by atoms with Gasteiger partial charge in [-0.25, -0.2) is 9.37 Å². The molecule has 2 heterocycles. The van der Waals surface area contributed by atoms with Crippen molar-refractivity contribution in [3.63, 3.8) is 0 Å². The first-order valence-corrected chi connectivity index (χ1v) is 9.92. The van der Waals surface area contributed by atoms with Crippen molar-refractivity contribution in [1.29, 1.82) is 0 Å². The van der Waals surface area contributed by atoms with Crippen LogP contribution in [0.5, 0.6) is 0 Å². The van der Waals surface area contributed by atoms with Crippen LogP contribution in [-0.4, -0.2) is 26.8 Å². The van der Waals surface area contributed by atoms with Crippen LogP contribution >= 0.6 is 11.8 Å². The highest BCUT2D eigenvalue weighted by molar-refractivity contribution is 8.13. The third-order valence-corrected chi connectivity index (χ3v) is 6.22. The van der Waals surface area contributed by atoms with Crippen LogP contribution in [0.2, 0.25) is 0 Å². The number of carbonyl (C=O) groups excluding carboxylic acids is 1. The zero-order chi connectivity index (χ0) is 18.9. The molecule has 0 radical (unpaired) electrons. The Morgan fingerprint density at radius 1 is 1.33 bits per heavy atom. The van der Waals surface area contributed by atoms with Crippen molar-refractivity contribution in [2.75, 3.05) is 11.1 Å². The van der Waals surface area contributed by atoms with Crippen LogP contribution in [0.4, 0.5) is 10.1 Å². The second-order valence-corrected chi connectivity index (χ2v) is 7.91. The molecule has 8 heteroatoms. The number of amidine groups is 1. The Kier molecular flexibility index (Phi) is 4.82. The Balaban J connectivity index is 1.70. The van der Waals surface area contributed by atoms with Gasteiger partial charge in [0.1, 0.15) is 11.5 Å². The molecule has 1 aliphatic heterocycles. The van der Waals surface area contributed by atoms with Crippen LogP contribution in [-0.2, 0) is 5.54 Å². The van der Waals surface area contributed by atoms with E-state index < -0.39 is 5.54 Å². The summed E-state index contributed by atoms with van der Waals surface area (Å²) in [5.74, 6) is 0.373. The quantitative estimate of drug-likeness (QED) is 0.845. The number of aromatic nitrogens is 2. The molecule has 6 nitrogen and oxygen atoms in total. The van der Waals surface area contributed by atoms with Crippen LogP contribution in [0.1, 0.15) is 41.7 Å². The highest BCUT2D eigenvalue weighted by Gasteiger charge is 2.46. The SMILES string of the molecule is NC1=N[C@@]2(c3cc(NC(=O)c4cnccn4)ccc3F)CCCC[C@H]2CS1. The summed E-state index contributed by atoms with van der Waals surface area (Å²) in [6, 6.07) is 4.62. The molecule has 2 aliphatic rings. The van der Waals surface area contributed by atoms with Crippen LogP contribution in [0.25, 0.3) is 0 Å². The predicted octanol–water partition coefficient (Wildman–Crippen LogP) is 3.32. The second kappa shape index (κ2) is 7.26. The minimum absolute atomic E-state index is 0.202. The Morgan fingerprint density at radius 3 is 3.04 bits per heavy atom. The molecule has 1 saturated carbocycles. The average Bonchev–Trinajstić information content (AvgIpc) is 2.69. The van der Waals surface area contributed by atoms with E-state index in [-0.39, 0.29) is 23.3 Å². The minimum atomic E-state index is -0.648. The number of fused-ring (bicyclic) bond motifs is 1. The van der Waals surface area contributed by atoms with Gasteiger partial charge in [-0.05, 0) is 37.0 Å². The largest absolute Gasteiger partial charge is 0.379 e. The highest BCUT2D eigenvalue weighted by Crippen LogP contribution is 2.50. The monoisotopic (exact) mass is 385 g/mol. The Bertz CT molecular complexity index is 891. The van der Waals surface area contributed by atoms with Gasteiger partial charge in [0.25, 0.3) is 5.91 Å². The molecule has 0 spiro atoms. The van der Waals surface area contributed by atoms with Crippen molar-refractivity contribution in [3.05, 3.63) is 53.9 Å². The van der Waals surface area contributed by atoms with Crippen molar-refractivity contribution in [2.45, 2.75) is 31.2 Å². The predicted molar refractivity (Wildman–Crippen MR) is 104 cm³/mol. The summed E-state index contributed by atoms with van der Waals surface area (Å²) in [5, 5.41) is 3.28. The maximum Gasteiger partial charge on any atom is 0.275 e. The summed E-state index contributed by atoms with van der Waals surface area (Å²) in [5.41, 5.74) is 6.58. The van der Waals surface area contributed by atoms with E-state index >= 15 is 0 Å². The summed E-state index contributed by atoms with van der Waals surface area (Å²) < 4.78 is 14.9. The normalized spacial score (nSPS) is 24.6. The standard InChI is InChI=1S/C19H20FN5OS/c20-15-5-4-13(24-17(26)16-10-22-7-8-23-16)9-14(15)19-6-2-1-3-12(19)11-27-18(21)25-19/h4-5,7-10,12H,1-3,6,11H2,(H2,21,25)(H,24,26)/t12-,19-/m0/s1. The molecule has 4 rings (SSSR count). The molecule has 1 aromatic carbocycles. The van der Waals surface area contributed by atoms with Crippen LogP contribution in [0.15, 0.2) is 41.8 Å². The number of rotatable bonds is 3. The van der Waals surface area contributed by atoms with E-state index in [1.165, 1.54) is 36.4 Å². The Labute approximate surface area is 160 Å². The number of anilines is 1. The van der Waals surface area contributed by atoms with Gasteiger partial charge in [0.05, 0.1) is 11.7 Å². The van der Waals surface area contributed by atoms with Gasteiger partial charge >= 0.3 is 0 Å². The number of nitrogens with one attached hydrogen (secondary N) is 1. The molecule has 1 fully saturated rings. The number of nitrogens with zero attached hydrogens (tertiary/aromatic N) is 3. The number of hydrogen-bond donors (Lipinski definition) is 2. The lowest BCUT2D eigenvalue weighted by Gasteiger charge is -2.44. The molecule has 140 valence electrons. The van der Waals surface area contributed by atoms with E-state index in [9.17, 15) is 9.18 Å². The Morgan fingerprint density at radius 2 is 2.22 bits per heavy atom. The number of carbonyl (C=O) groups is 1. The number of thioether (sulfide) groups is 1. The van der Waals surface area contributed by atoms with Gasteiger partial charge in [-0.3, -0.25) is 14.8 Å². The lowest BCUT2D eigenvalue weighted by Crippen LogP contribution is -2.43. The number of hydrogen-bond acceptors (Lipinski definition) is 6. The lowest BCUT2D eigenvalue weighted by molar-refractivity contribution is 0.102. The van der Waals surface area contributed by atoms with Crippen LogP contribution < -0.4 is 11.1 Å². The topological polar surface area (TPSA) is 93.3 Å². The number of halogens is 1. The fourth-order valence-electron chi connectivity index (χ4n) is 3.97. The third kappa shape index (κ3) is 3.41. The maximum absolute atomic E-state index is 14.9. The van der Waals surface area contributed by atoms with E-state index in [1.54, 1.807) is 12.1 Å². The molecule has 0 bridgehead atoms. The van der Waals surface area contributed by atoms with Crippen molar-refractivity contribution in [2.24, 2.45) is 16.6 Å². The first-order valence-electron chi connectivity index (χ1n) is 8.94. The van der Waals surface area contributed by atoms with Gasteiger partial charge in [-0.2, -0.15) is 0 Å². The van der Waals surface area contributed by atoms with E-state index in [1.807, 2.05) is 0 Å².